The van der Waals surface area contributed by atoms with Gasteiger partial charge < -0.3 is 9.64 Å². The first-order valence-electron chi connectivity index (χ1n) is 7.22. The van der Waals surface area contributed by atoms with Gasteiger partial charge in [0.15, 0.2) is 0 Å². The van der Waals surface area contributed by atoms with E-state index in [1.807, 2.05) is 13.8 Å². The number of carbonyl (C=O) groups excluding carboxylic acids is 1. The molecule has 1 aromatic carbocycles. The lowest BCUT2D eigenvalue weighted by Gasteiger charge is -2.31. The van der Waals surface area contributed by atoms with Crippen LogP contribution in [0.25, 0.3) is 0 Å². The largest absolute Gasteiger partial charge is 0.375 e. The Hall–Kier alpha value is -1.44. The van der Waals surface area contributed by atoms with Crippen LogP contribution in [0.5, 0.6) is 0 Å². The number of hydrogen-bond donors (Lipinski definition) is 1. The molecule has 0 unspecified atom stereocenters. The van der Waals surface area contributed by atoms with Crippen LogP contribution in [-0.4, -0.2) is 52.1 Å². The van der Waals surface area contributed by atoms with Crippen molar-refractivity contribution in [3.05, 3.63) is 28.8 Å². The summed E-state index contributed by atoms with van der Waals surface area (Å²) in [6, 6.07) is 3.20. The van der Waals surface area contributed by atoms with E-state index in [2.05, 4.69) is 4.72 Å². The fourth-order valence-electron chi connectivity index (χ4n) is 2.53. The van der Waals surface area contributed by atoms with Crippen LogP contribution in [-0.2, 0) is 14.8 Å². The molecule has 122 valence electrons. The predicted octanol–water partition coefficient (Wildman–Crippen LogP) is 1.07. The molecule has 7 heteroatoms. The quantitative estimate of drug-likeness (QED) is 0.901. The van der Waals surface area contributed by atoms with Crippen LogP contribution >= 0.6 is 0 Å². The number of nitrogens with one attached hydrogen (secondary N) is 1. The van der Waals surface area contributed by atoms with Gasteiger partial charge >= 0.3 is 0 Å². The van der Waals surface area contributed by atoms with Gasteiger partial charge in [0.25, 0.3) is 5.91 Å². The van der Waals surface area contributed by atoms with Gasteiger partial charge in [0.2, 0.25) is 10.0 Å². The van der Waals surface area contributed by atoms with Crippen LogP contribution in [0, 0.1) is 13.8 Å². The average Bonchev–Trinajstić information content (AvgIpc) is 2.49. The monoisotopic (exact) mass is 326 g/mol. The molecule has 1 heterocycles. The molecule has 1 aliphatic heterocycles. The molecule has 0 aromatic heterocycles. The van der Waals surface area contributed by atoms with Crippen LogP contribution in [0.4, 0.5) is 0 Å². The van der Waals surface area contributed by atoms with Gasteiger partial charge in [0.05, 0.1) is 17.6 Å². The van der Waals surface area contributed by atoms with Crippen molar-refractivity contribution in [3.8, 4) is 0 Å². The number of carbonyl (C=O) groups is 1. The highest BCUT2D eigenvalue weighted by molar-refractivity contribution is 7.89. The zero-order valence-corrected chi connectivity index (χ0v) is 14.2. The summed E-state index contributed by atoms with van der Waals surface area (Å²) in [4.78, 5) is 14.5. The summed E-state index contributed by atoms with van der Waals surface area (Å²) in [6.45, 7) is 6.99. The van der Waals surface area contributed by atoms with E-state index in [-0.39, 0.29) is 16.9 Å². The van der Waals surface area contributed by atoms with Crippen molar-refractivity contribution in [1.29, 1.82) is 0 Å². The Morgan fingerprint density at radius 3 is 2.64 bits per heavy atom. The van der Waals surface area contributed by atoms with Crippen molar-refractivity contribution < 1.29 is 17.9 Å². The molecule has 0 aliphatic carbocycles. The Balaban J connectivity index is 2.42. The molecule has 0 radical (unpaired) electrons. The number of morpholine rings is 1. The number of aryl methyl sites for hydroxylation is 1. The second-order valence-electron chi connectivity index (χ2n) is 5.56. The Kier molecular flexibility index (Phi) is 4.89. The SMILES string of the molecule is CNS(=O)(=O)c1cc(C(=O)N2CCO[C@H](C)C2)cc(C)c1C. The maximum Gasteiger partial charge on any atom is 0.254 e. The van der Waals surface area contributed by atoms with Crippen LogP contribution in [0.2, 0.25) is 0 Å². The van der Waals surface area contributed by atoms with Gasteiger partial charge in [-0.1, -0.05) is 0 Å². The molecular formula is C15H22N2O4S. The van der Waals surface area contributed by atoms with Crippen LogP contribution in [0.15, 0.2) is 17.0 Å². The third kappa shape index (κ3) is 3.31. The molecular weight excluding hydrogens is 304 g/mol. The van der Waals surface area contributed by atoms with E-state index in [1.54, 1.807) is 17.9 Å². The molecule has 0 bridgehead atoms. The van der Waals surface area contributed by atoms with Gasteiger partial charge in [-0.05, 0) is 51.1 Å². The number of rotatable bonds is 3. The Morgan fingerprint density at radius 2 is 2.05 bits per heavy atom. The Morgan fingerprint density at radius 1 is 1.36 bits per heavy atom. The molecule has 2 rings (SSSR count). The molecule has 1 aromatic rings. The van der Waals surface area contributed by atoms with Gasteiger partial charge in [0.1, 0.15) is 0 Å². The minimum Gasteiger partial charge on any atom is -0.375 e. The third-order valence-corrected chi connectivity index (χ3v) is 5.49. The Labute approximate surface area is 131 Å². The average molecular weight is 326 g/mol. The van der Waals surface area contributed by atoms with Crippen LogP contribution in [0.1, 0.15) is 28.4 Å². The molecule has 0 saturated carbocycles. The number of sulfonamides is 1. The number of nitrogens with zero attached hydrogens (tertiary/aromatic N) is 1. The van der Waals surface area contributed by atoms with Gasteiger partial charge in [0, 0.05) is 18.7 Å². The van der Waals surface area contributed by atoms with E-state index in [4.69, 9.17) is 4.74 Å². The topological polar surface area (TPSA) is 75.7 Å². The number of amides is 1. The van der Waals surface area contributed by atoms with Gasteiger partial charge in [-0.2, -0.15) is 0 Å². The summed E-state index contributed by atoms with van der Waals surface area (Å²) >= 11 is 0. The van der Waals surface area contributed by atoms with Crippen molar-refractivity contribution in [1.82, 2.24) is 9.62 Å². The molecule has 1 aliphatic rings. The summed E-state index contributed by atoms with van der Waals surface area (Å²) in [5, 5.41) is 0. The predicted molar refractivity (Wildman–Crippen MR) is 83.5 cm³/mol. The molecule has 1 N–H and O–H groups in total. The van der Waals surface area contributed by atoms with Gasteiger partial charge in [-0.25, -0.2) is 13.1 Å². The van der Waals surface area contributed by atoms with E-state index in [1.165, 1.54) is 13.1 Å². The first-order chi connectivity index (χ1) is 10.3. The fourth-order valence-corrected chi connectivity index (χ4v) is 3.59. The zero-order valence-electron chi connectivity index (χ0n) is 13.3. The summed E-state index contributed by atoms with van der Waals surface area (Å²) in [5.74, 6) is -0.161. The number of ether oxygens (including phenoxy) is 1. The second kappa shape index (κ2) is 6.36. The van der Waals surface area contributed by atoms with Gasteiger partial charge in [-0.15, -0.1) is 0 Å². The highest BCUT2D eigenvalue weighted by Gasteiger charge is 2.25. The minimum absolute atomic E-state index is 0.00948. The highest BCUT2D eigenvalue weighted by Crippen LogP contribution is 2.22. The summed E-state index contributed by atoms with van der Waals surface area (Å²) in [7, 11) is -2.23. The first kappa shape index (κ1) is 16.9. The molecule has 1 atom stereocenters. The van der Waals surface area contributed by atoms with Crippen molar-refractivity contribution in [2.75, 3.05) is 26.7 Å². The van der Waals surface area contributed by atoms with Crippen LogP contribution in [0.3, 0.4) is 0 Å². The molecule has 1 saturated heterocycles. The maximum atomic E-state index is 12.6. The standard InChI is InChI=1S/C15H22N2O4S/c1-10-7-13(8-14(12(10)3)22(19,20)16-4)15(18)17-5-6-21-11(2)9-17/h7-8,11,16H,5-6,9H2,1-4H3/t11-/m1/s1. The smallest absolute Gasteiger partial charge is 0.254 e. The van der Waals surface area contributed by atoms with Crippen molar-refractivity contribution in [2.45, 2.75) is 31.8 Å². The lowest BCUT2D eigenvalue weighted by atomic mass is 10.0. The van der Waals surface area contributed by atoms with E-state index < -0.39 is 10.0 Å². The van der Waals surface area contributed by atoms with Gasteiger partial charge in [-0.3, -0.25) is 4.79 Å². The highest BCUT2D eigenvalue weighted by atomic mass is 32.2. The van der Waals surface area contributed by atoms with E-state index in [9.17, 15) is 13.2 Å². The third-order valence-electron chi connectivity index (χ3n) is 3.95. The maximum absolute atomic E-state index is 12.6. The summed E-state index contributed by atoms with van der Waals surface area (Å²) in [5.41, 5.74) is 1.83. The van der Waals surface area contributed by atoms with E-state index in [0.717, 1.165) is 5.56 Å². The molecule has 1 amide bonds. The Bertz CT molecular complexity index is 685. The number of benzene rings is 1. The minimum atomic E-state index is -3.59. The first-order valence-corrected chi connectivity index (χ1v) is 8.70. The normalized spacial score (nSPS) is 19.3. The second-order valence-corrected chi connectivity index (χ2v) is 7.41. The zero-order chi connectivity index (χ0) is 16.5. The van der Waals surface area contributed by atoms with Crippen molar-refractivity contribution >= 4 is 15.9 Å². The van der Waals surface area contributed by atoms with E-state index >= 15 is 0 Å². The van der Waals surface area contributed by atoms with Crippen LogP contribution < -0.4 is 4.72 Å². The molecule has 1 fully saturated rings. The molecule has 0 spiro atoms. The fraction of sp³-hybridized carbons (Fsp3) is 0.533. The lowest BCUT2D eigenvalue weighted by Crippen LogP contribution is -2.44. The van der Waals surface area contributed by atoms with Crippen molar-refractivity contribution in [2.24, 2.45) is 0 Å². The molecule has 22 heavy (non-hydrogen) atoms. The van der Waals surface area contributed by atoms with Crippen molar-refractivity contribution in [3.63, 3.8) is 0 Å². The summed E-state index contributed by atoms with van der Waals surface area (Å²) < 4.78 is 32.0. The number of hydrogen-bond acceptors (Lipinski definition) is 4. The molecule has 6 nitrogen and oxygen atoms in total. The summed E-state index contributed by atoms with van der Waals surface area (Å²) in [6.07, 6.45) is -0.00948. The lowest BCUT2D eigenvalue weighted by molar-refractivity contribution is -0.0124. The van der Waals surface area contributed by atoms with E-state index in [0.29, 0.717) is 30.8 Å².